The fourth-order valence-electron chi connectivity index (χ4n) is 2.48. The summed E-state index contributed by atoms with van der Waals surface area (Å²) in [6.45, 7) is 2.27. The van der Waals surface area contributed by atoms with Gasteiger partial charge in [-0.15, -0.1) is 0 Å². The van der Waals surface area contributed by atoms with Gasteiger partial charge in [-0.2, -0.15) is 0 Å². The third-order valence-corrected chi connectivity index (χ3v) is 3.67. The molecule has 1 heterocycles. The molecule has 104 valence electrons. The van der Waals surface area contributed by atoms with Crippen molar-refractivity contribution in [3.63, 3.8) is 0 Å². The smallest absolute Gasteiger partial charge is 0.222 e. The molecule has 1 aromatic carbocycles. The third kappa shape index (κ3) is 2.62. The first-order chi connectivity index (χ1) is 8.90. The Morgan fingerprint density at radius 2 is 2.05 bits per heavy atom. The SMILES string of the molecule is CC1CCC(C(N)=O)CN1c1cc(F)cc(F)c1N. The van der Waals surface area contributed by atoms with Crippen molar-refractivity contribution >= 4 is 17.3 Å². The van der Waals surface area contributed by atoms with Gasteiger partial charge in [0.25, 0.3) is 0 Å². The monoisotopic (exact) mass is 269 g/mol. The van der Waals surface area contributed by atoms with Crippen LogP contribution in [0.25, 0.3) is 0 Å². The molecule has 1 fully saturated rings. The van der Waals surface area contributed by atoms with Gasteiger partial charge in [0, 0.05) is 18.7 Å². The minimum absolute atomic E-state index is 0.0547. The molecule has 6 heteroatoms. The quantitative estimate of drug-likeness (QED) is 0.802. The van der Waals surface area contributed by atoms with Gasteiger partial charge in [0.05, 0.1) is 17.3 Å². The predicted octanol–water partition coefficient (Wildman–Crippen LogP) is 1.64. The Bertz CT molecular complexity index is 507. The van der Waals surface area contributed by atoms with E-state index in [-0.39, 0.29) is 23.3 Å². The second kappa shape index (κ2) is 5.03. The normalized spacial score (nSPS) is 23.4. The van der Waals surface area contributed by atoms with Gasteiger partial charge in [0.1, 0.15) is 5.82 Å². The Labute approximate surface area is 110 Å². The number of nitrogens with two attached hydrogens (primary N) is 2. The number of hydrogen-bond donors (Lipinski definition) is 2. The molecule has 1 aliphatic heterocycles. The predicted molar refractivity (Wildman–Crippen MR) is 69.5 cm³/mol. The first kappa shape index (κ1) is 13.6. The van der Waals surface area contributed by atoms with Crippen molar-refractivity contribution in [3.05, 3.63) is 23.8 Å². The van der Waals surface area contributed by atoms with Crippen molar-refractivity contribution in [2.24, 2.45) is 11.7 Å². The molecule has 0 bridgehead atoms. The van der Waals surface area contributed by atoms with Crippen molar-refractivity contribution in [2.45, 2.75) is 25.8 Å². The average Bonchev–Trinajstić information content (AvgIpc) is 2.34. The molecular weight excluding hydrogens is 252 g/mol. The van der Waals surface area contributed by atoms with E-state index in [9.17, 15) is 13.6 Å². The molecule has 0 aromatic heterocycles. The number of carbonyl (C=O) groups is 1. The van der Waals surface area contributed by atoms with Crippen LogP contribution in [-0.4, -0.2) is 18.5 Å². The molecule has 1 aromatic rings. The molecule has 2 rings (SSSR count). The number of piperidine rings is 1. The van der Waals surface area contributed by atoms with E-state index in [4.69, 9.17) is 11.5 Å². The summed E-state index contributed by atoms with van der Waals surface area (Å²) < 4.78 is 26.8. The molecule has 1 amide bonds. The lowest BCUT2D eigenvalue weighted by Crippen LogP contribution is -2.46. The summed E-state index contributed by atoms with van der Waals surface area (Å²) in [7, 11) is 0. The maximum Gasteiger partial charge on any atom is 0.222 e. The second-order valence-electron chi connectivity index (χ2n) is 5.00. The van der Waals surface area contributed by atoms with Crippen LogP contribution in [0.5, 0.6) is 0 Å². The van der Waals surface area contributed by atoms with Crippen LogP contribution in [0.15, 0.2) is 12.1 Å². The molecule has 0 aliphatic carbocycles. The number of amides is 1. The average molecular weight is 269 g/mol. The fourth-order valence-corrected chi connectivity index (χ4v) is 2.48. The van der Waals surface area contributed by atoms with Crippen LogP contribution in [0.4, 0.5) is 20.2 Å². The highest BCUT2D eigenvalue weighted by Crippen LogP contribution is 2.33. The number of carbonyl (C=O) groups excluding carboxylic acids is 1. The van der Waals surface area contributed by atoms with E-state index < -0.39 is 17.5 Å². The van der Waals surface area contributed by atoms with Gasteiger partial charge in [-0.25, -0.2) is 8.78 Å². The van der Waals surface area contributed by atoms with Crippen LogP contribution in [0.2, 0.25) is 0 Å². The zero-order valence-corrected chi connectivity index (χ0v) is 10.7. The van der Waals surface area contributed by atoms with E-state index >= 15 is 0 Å². The maximum atomic E-state index is 13.5. The minimum Gasteiger partial charge on any atom is -0.395 e. The molecule has 0 spiro atoms. The number of benzene rings is 1. The Kier molecular flexibility index (Phi) is 3.59. The van der Waals surface area contributed by atoms with Gasteiger partial charge < -0.3 is 16.4 Å². The molecule has 2 atom stereocenters. The number of nitrogen functional groups attached to an aromatic ring is 1. The van der Waals surface area contributed by atoms with Gasteiger partial charge in [-0.3, -0.25) is 4.79 Å². The van der Waals surface area contributed by atoms with Crippen LogP contribution in [0, 0.1) is 17.6 Å². The summed E-state index contributed by atoms with van der Waals surface area (Å²) in [6.07, 6.45) is 1.41. The molecular formula is C13H17F2N3O. The van der Waals surface area contributed by atoms with Gasteiger partial charge in [-0.1, -0.05) is 0 Å². The van der Waals surface area contributed by atoms with Crippen molar-refractivity contribution < 1.29 is 13.6 Å². The Morgan fingerprint density at radius 1 is 1.37 bits per heavy atom. The molecule has 4 nitrogen and oxygen atoms in total. The standard InChI is InChI=1S/C13H17F2N3O/c1-7-2-3-8(13(17)19)6-18(7)11-5-9(14)4-10(15)12(11)16/h4-5,7-8H,2-3,6,16H2,1H3,(H2,17,19). The van der Waals surface area contributed by atoms with Gasteiger partial charge in [0.15, 0.2) is 5.82 Å². The van der Waals surface area contributed by atoms with Crippen molar-refractivity contribution in [1.29, 1.82) is 0 Å². The van der Waals surface area contributed by atoms with Crippen LogP contribution in [-0.2, 0) is 4.79 Å². The highest BCUT2D eigenvalue weighted by Gasteiger charge is 2.30. The highest BCUT2D eigenvalue weighted by molar-refractivity contribution is 5.78. The third-order valence-electron chi connectivity index (χ3n) is 3.67. The van der Waals surface area contributed by atoms with E-state index in [1.54, 1.807) is 4.90 Å². The van der Waals surface area contributed by atoms with E-state index in [0.717, 1.165) is 12.5 Å². The zero-order valence-electron chi connectivity index (χ0n) is 10.7. The minimum atomic E-state index is -0.789. The van der Waals surface area contributed by atoms with Gasteiger partial charge >= 0.3 is 0 Å². The topological polar surface area (TPSA) is 72.4 Å². The summed E-state index contributed by atoms with van der Waals surface area (Å²) in [6, 6.07) is 2.00. The van der Waals surface area contributed by atoms with E-state index in [0.29, 0.717) is 13.0 Å². The number of hydrogen-bond acceptors (Lipinski definition) is 3. The number of rotatable bonds is 2. The lowest BCUT2D eigenvalue weighted by molar-refractivity contribution is -0.122. The molecule has 1 aliphatic rings. The first-order valence-electron chi connectivity index (χ1n) is 6.20. The van der Waals surface area contributed by atoms with Crippen molar-refractivity contribution in [1.82, 2.24) is 0 Å². The summed E-state index contributed by atoms with van der Waals surface area (Å²) in [5.41, 5.74) is 11.2. The number of anilines is 2. The zero-order chi connectivity index (χ0) is 14.2. The highest BCUT2D eigenvalue weighted by atomic mass is 19.1. The maximum absolute atomic E-state index is 13.5. The Hall–Kier alpha value is -1.85. The van der Waals surface area contributed by atoms with E-state index in [1.165, 1.54) is 6.07 Å². The molecule has 19 heavy (non-hydrogen) atoms. The largest absolute Gasteiger partial charge is 0.395 e. The molecule has 0 saturated carbocycles. The van der Waals surface area contributed by atoms with Gasteiger partial charge in [0.2, 0.25) is 5.91 Å². The summed E-state index contributed by atoms with van der Waals surface area (Å²) >= 11 is 0. The number of nitrogens with zero attached hydrogens (tertiary/aromatic N) is 1. The Balaban J connectivity index is 2.36. The Morgan fingerprint density at radius 3 is 2.68 bits per heavy atom. The van der Waals surface area contributed by atoms with Crippen LogP contribution in [0.3, 0.4) is 0 Å². The summed E-state index contributed by atoms with van der Waals surface area (Å²) in [4.78, 5) is 13.0. The molecule has 1 saturated heterocycles. The fraction of sp³-hybridized carbons (Fsp3) is 0.462. The summed E-state index contributed by atoms with van der Waals surface area (Å²) in [5.74, 6) is -2.19. The first-order valence-corrected chi connectivity index (χ1v) is 6.20. The van der Waals surface area contributed by atoms with Crippen molar-refractivity contribution in [2.75, 3.05) is 17.2 Å². The molecule has 4 N–H and O–H groups in total. The van der Waals surface area contributed by atoms with Gasteiger partial charge in [-0.05, 0) is 25.8 Å². The van der Waals surface area contributed by atoms with Crippen LogP contribution >= 0.6 is 0 Å². The van der Waals surface area contributed by atoms with E-state index in [2.05, 4.69) is 0 Å². The number of primary amides is 1. The lowest BCUT2D eigenvalue weighted by Gasteiger charge is -2.39. The number of halogens is 2. The van der Waals surface area contributed by atoms with E-state index in [1.807, 2.05) is 6.92 Å². The van der Waals surface area contributed by atoms with Crippen molar-refractivity contribution in [3.8, 4) is 0 Å². The second-order valence-corrected chi connectivity index (χ2v) is 5.00. The lowest BCUT2D eigenvalue weighted by atomic mass is 9.92. The molecule has 0 radical (unpaired) electrons. The van der Waals surface area contributed by atoms with Crippen LogP contribution in [0.1, 0.15) is 19.8 Å². The summed E-state index contributed by atoms with van der Waals surface area (Å²) in [5, 5.41) is 0. The van der Waals surface area contributed by atoms with Crippen LogP contribution < -0.4 is 16.4 Å². The molecule has 2 unspecified atom stereocenters.